The van der Waals surface area contributed by atoms with Crippen molar-refractivity contribution in [3.63, 3.8) is 0 Å². The van der Waals surface area contributed by atoms with Gasteiger partial charge >= 0.3 is 0 Å². The van der Waals surface area contributed by atoms with Crippen molar-refractivity contribution in [1.82, 2.24) is 0 Å². The Labute approximate surface area is 102 Å². The maximum Gasteiger partial charge on any atom is 0.118 e. The first-order valence-corrected chi connectivity index (χ1v) is 6.02. The fraction of sp³-hybridized carbons (Fsp3) is 0.250. The Morgan fingerprint density at radius 3 is 2.65 bits per heavy atom. The minimum absolute atomic E-state index is 0.533. The smallest absolute Gasteiger partial charge is 0.118 e. The Balaban J connectivity index is 1.92. The van der Waals surface area contributed by atoms with E-state index in [1.807, 2.05) is 12.1 Å². The Bertz CT molecular complexity index is 529. The molecule has 0 amide bonds. The summed E-state index contributed by atoms with van der Waals surface area (Å²) >= 11 is 0. The van der Waals surface area contributed by atoms with Gasteiger partial charge in [-0.05, 0) is 42.2 Å². The summed E-state index contributed by atoms with van der Waals surface area (Å²) in [5.74, 6) is 1.46. The van der Waals surface area contributed by atoms with Crippen LogP contribution in [-0.4, -0.2) is 7.11 Å². The second-order valence-corrected chi connectivity index (χ2v) is 4.71. The topological polar surface area (TPSA) is 9.23 Å². The van der Waals surface area contributed by atoms with Crippen molar-refractivity contribution in [1.29, 1.82) is 0 Å². The van der Waals surface area contributed by atoms with Crippen molar-refractivity contribution in [3.05, 3.63) is 64.8 Å². The molecule has 0 saturated carbocycles. The first kappa shape index (κ1) is 10.4. The van der Waals surface area contributed by atoms with Crippen LogP contribution in [0.25, 0.3) is 0 Å². The highest BCUT2D eigenvalue weighted by molar-refractivity contribution is 5.60. The molecule has 1 heteroatoms. The summed E-state index contributed by atoms with van der Waals surface area (Å²) in [5.41, 5.74) is 5.82. The van der Waals surface area contributed by atoms with Gasteiger partial charge in [0.2, 0.25) is 0 Å². The van der Waals surface area contributed by atoms with E-state index in [9.17, 15) is 0 Å². The first-order chi connectivity index (χ1) is 8.29. The molecule has 0 saturated heterocycles. The third-order valence-electron chi connectivity index (χ3n) is 3.71. The van der Waals surface area contributed by atoms with Gasteiger partial charge in [0.1, 0.15) is 5.75 Å². The molecule has 1 unspecified atom stereocenters. The third kappa shape index (κ3) is 1.62. The van der Waals surface area contributed by atoms with E-state index in [-0.39, 0.29) is 0 Å². The highest BCUT2D eigenvalue weighted by Crippen LogP contribution is 2.45. The van der Waals surface area contributed by atoms with Gasteiger partial charge in [-0.3, -0.25) is 0 Å². The average molecular weight is 224 g/mol. The highest BCUT2D eigenvalue weighted by atomic mass is 16.5. The van der Waals surface area contributed by atoms with Crippen molar-refractivity contribution in [2.75, 3.05) is 7.11 Å². The van der Waals surface area contributed by atoms with Gasteiger partial charge in [-0.15, -0.1) is 0 Å². The summed E-state index contributed by atoms with van der Waals surface area (Å²) in [6, 6.07) is 8.45. The molecule has 1 nitrogen and oxygen atoms in total. The molecule has 2 aliphatic carbocycles. The van der Waals surface area contributed by atoms with E-state index in [2.05, 4.69) is 37.3 Å². The van der Waals surface area contributed by atoms with Crippen molar-refractivity contribution >= 4 is 0 Å². The molecule has 86 valence electrons. The largest absolute Gasteiger partial charge is 0.497 e. The standard InChI is InChI=1S/C16H16O/c1-11-10-16(15-5-3-4-14(11)15)12-6-8-13(17-2)9-7-12/h3-9,16H,10H2,1-2H3. The van der Waals surface area contributed by atoms with Gasteiger partial charge in [-0.1, -0.05) is 35.9 Å². The zero-order valence-electron chi connectivity index (χ0n) is 10.2. The summed E-state index contributed by atoms with van der Waals surface area (Å²) in [5, 5.41) is 0. The van der Waals surface area contributed by atoms with E-state index in [1.165, 1.54) is 22.3 Å². The molecule has 0 N–H and O–H groups in total. The number of allylic oxidation sites excluding steroid dienone is 6. The quantitative estimate of drug-likeness (QED) is 0.738. The zero-order chi connectivity index (χ0) is 11.8. The highest BCUT2D eigenvalue weighted by Gasteiger charge is 2.28. The van der Waals surface area contributed by atoms with Crippen LogP contribution in [0.2, 0.25) is 0 Å². The first-order valence-electron chi connectivity index (χ1n) is 6.02. The molecule has 17 heavy (non-hydrogen) atoms. The Kier molecular flexibility index (Phi) is 2.40. The van der Waals surface area contributed by atoms with Crippen molar-refractivity contribution in [2.24, 2.45) is 0 Å². The Morgan fingerprint density at radius 1 is 1.18 bits per heavy atom. The monoisotopic (exact) mass is 224 g/mol. The second-order valence-electron chi connectivity index (χ2n) is 4.71. The van der Waals surface area contributed by atoms with E-state index < -0.39 is 0 Å². The van der Waals surface area contributed by atoms with Gasteiger partial charge in [0, 0.05) is 5.92 Å². The van der Waals surface area contributed by atoms with E-state index in [4.69, 9.17) is 4.74 Å². The lowest BCUT2D eigenvalue weighted by Gasteiger charge is -2.13. The molecule has 0 spiro atoms. The molecule has 0 radical (unpaired) electrons. The van der Waals surface area contributed by atoms with Crippen LogP contribution in [0.15, 0.2) is 59.2 Å². The summed E-state index contributed by atoms with van der Waals surface area (Å²) in [4.78, 5) is 0. The molecule has 1 aromatic rings. The molecule has 0 heterocycles. The number of ether oxygens (including phenoxy) is 1. The Morgan fingerprint density at radius 2 is 1.94 bits per heavy atom. The number of methoxy groups -OCH3 is 1. The number of benzene rings is 1. The number of fused-ring (bicyclic) bond motifs is 1. The van der Waals surface area contributed by atoms with Crippen molar-refractivity contribution in [2.45, 2.75) is 19.3 Å². The lowest BCUT2D eigenvalue weighted by molar-refractivity contribution is 0.414. The molecule has 2 aliphatic rings. The number of rotatable bonds is 2. The fourth-order valence-corrected chi connectivity index (χ4v) is 2.79. The van der Waals surface area contributed by atoms with Crippen LogP contribution in [-0.2, 0) is 0 Å². The van der Waals surface area contributed by atoms with Gasteiger partial charge in [0.25, 0.3) is 0 Å². The maximum absolute atomic E-state index is 5.20. The third-order valence-corrected chi connectivity index (χ3v) is 3.71. The average Bonchev–Trinajstić information content (AvgIpc) is 2.94. The van der Waals surface area contributed by atoms with Crippen molar-refractivity contribution in [3.8, 4) is 5.75 Å². The molecular weight excluding hydrogens is 208 g/mol. The van der Waals surface area contributed by atoms with E-state index in [1.54, 1.807) is 7.11 Å². The molecular formula is C16H16O. The lowest BCUT2D eigenvalue weighted by Crippen LogP contribution is -1.97. The van der Waals surface area contributed by atoms with Crippen LogP contribution >= 0.6 is 0 Å². The van der Waals surface area contributed by atoms with Crippen LogP contribution < -0.4 is 4.74 Å². The van der Waals surface area contributed by atoms with Gasteiger partial charge in [-0.25, -0.2) is 0 Å². The predicted octanol–water partition coefficient (Wildman–Crippen LogP) is 4.00. The van der Waals surface area contributed by atoms with Gasteiger partial charge in [0.15, 0.2) is 0 Å². The van der Waals surface area contributed by atoms with Crippen LogP contribution in [0.5, 0.6) is 5.75 Å². The van der Waals surface area contributed by atoms with Crippen LogP contribution in [0.3, 0.4) is 0 Å². The molecule has 1 atom stereocenters. The summed E-state index contributed by atoms with van der Waals surface area (Å²) in [6.45, 7) is 2.24. The predicted molar refractivity (Wildman–Crippen MR) is 70.3 cm³/mol. The van der Waals surface area contributed by atoms with Gasteiger partial charge in [0.05, 0.1) is 7.11 Å². The molecule has 0 aliphatic heterocycles. The SMILES string of the molecule is COc1ccc(C2CC(C)=C3C=CC=C32)cc1. The van der Waals surface area contributed by atoms with E-state index in [0.717, 1.165) is 12.2 Å². The number of hydrogen-bond acceptors (Lipinski definition) is 1. The summed E-state index contributed by atoms with van der Waals surface area (Å²) < 4.78 is 5.20. The minimum atomic E-state index is 0.533. The minimum Gasteiger partial charge on any atom is -0.497 e. The normalized spacial score (nSPS) is 21.8. The van der Waals surface area contributed by atoms with Gasteiger partial charge in [-0.2, -0.15) is 0 Å². The molecule has 1 aromatic carbocycles. The molecule has 0 bridgehead atoms. The number of hydrogen-bond donors (Lipinski definition) is 0. The van der Waals surface area contributed by atoms with Gasteiger partial charge < -0.3 is 4.74 Å². The second kappa shape index (κ2) is 3.92. The zero-order valence-corrected chi connectivity index (χ0v) is 10.2. The maximum atomic E-state index is 5.20. The fourth-order valence-electron chi connectivity index (χ4n) is 2.79. The molecule has 0 fully saturated rings. The summed E-state index contributed by atoms with van der Waals surface area (Å²) in [7, 11) is 1.71. The lowest BCUT2D eigenvalue weighted by atomic mass is 9.91. The summed E-state index contributed by atoms with van der Waals surface area (Å²) in [6.07, 6.45) is 7.79. The Hall–Kier alpha value is -1.76. The van der Waals surface area contributed by atoms with Crippen LogP contribution in [0, 0.1) is 0 Å². The molecule has 3 rings (SSSR count). The van der Waals surface area contributed by atoms with E-state index >= 15 is 0 Å². The van der Waals surface area contributed by atoms with E-state index in [0.29, 0.717) is 5.92 Å². The van der Waals surface area contributed by atoms with Crippen LogP contribution in [0.1, 0.15) is 24.8 Å². The molecule has 0 aromatic heterocycles. The van der Waals surface area contributed by atoms with Crippen LogP contribution in [0.4, 0.5) is 0 Å². The van der Waals surface area contributed by atoms with Crippen molar-refractivity contribution < 1.29 is 4.74 Å².